The van der Waals surface area contributed by atoms with Crippen LogP contribution in [0.2, 0.25) is 0 Å². The summed E-state index contributed by atoms with van der Waals surface area (Å²) in [4.78, 5) is 13.8. The predicted octanol–water partition coefficient (Wildman–Crippen LogP) is 2.09. The standard InChI is InChI=1S/C16H20FN3O2/c1-20(2)9-5-8-18-16(21)11-12-10-15(22-19-12)13-6-3-4-7-14(13)17/h3-4,6-7,10H,5,8-9,11H2,1-2H3,(H,18,21). The largest absolute Gasteiger partial charge is 0.356 e. The van der Waals surface area contributed by atoms with Crippen LogP contribution in [0.3, 0.4) is 0 Å². The first-order valence-electron chi connectivity index (χ1n) is 7.18. The summed E-state index contributed by atoms with van der Waals surface area (Å²) in [6, 6.07) is 7.89. The van der Waals surface area contributed by atoms with Crippen molar-refractivity contribution in [2.24, 2.45) is 0 Å². The van der Waals surface area contributed by atoms with Gasteiger partial charge in [0, 0.05) is 12.6 Å². The fourth-order valence-corrected chi connectivity index (χ4v) is 2.03. The Morgan fingerprint density at radius 2 is 2.14 bits per heavy atom. The lowest BCUT2D eigenvalue weighted by atomic mass is 10.1. The molecule has 2 aromatic rings. The van der Waals surface area contributed by atoms with E-state index in [2.05, 4.69) is 15.4 Å². The lowest BCUT2D eigenvalue weighted by Gasteiger charge is -2.09. The Balaban J connectivity index is 1.87. The fourth-order valence-electron chi connectivity index (χ4n) is 2.03. The number of carbonyl (C=O) groups excluding carboxylic acids is 1. The van der Waals surface area contributed by atoms with Crippen LogP contribution in [0, 0.1) is 5.82 Å². The van der Waals surface area contributed by atoms with Crippen LogP contribution in [-0.2, 0) is 11.2 Å². The highest BCUT2D eigenvalue weighted by atomic mass is 19.1. The maximum absolute atomic E-state index is 13.6. The molecular weight excluding hydrogens is 285 g/mol. The minimum Gasteiger partial charge on any atom is -0.356 e. The van der Waals surface area contributed by atoms with Crippen molar-refractivity contribution in [3.63, 3.8) is 0 Å². The molecule has 0 bridgehead atoms. The van der Waals surface area contributed by atoms with Gasteiger partial charge in [-0.3, -0.25) is 4.79 Å². The van der Waals surface area contributed by atoms with Crippen molar-refractivity contribution < 1.29 is 13.7 Å². The average molecular weight is 305 g/mol. The third-order valence-corrected chi connectivity index (χ3v) is 3.14. The Hall–Kier alpha value is -2.21. The van der Waals surface area contributed by atoms with Crippen molar-refractivity contribution in [2.75, 3.05) is 27.2 Å². The van der Waals surface area contributed by atoms with Gasteiger partial charge in [-0.25, -0.2) is 4.39 Å². The lowest BCUT2D eigenvalue weighted by Crippen LogP contribution is -2.28. The summed E-state index contributed by atoms with van der Waals surface area (Å²) in [6.07, 6.45) is 1.01. The quantitative estimate of drug-likeness (QED) is 0.796. The monoisotopic (exact) mass is 305 g/mol. The highest BCUT2D eigenvalue weighted by Gasteiger charge is 2.13. The van der Waals surface area contributed by atoms with Gasteiger partial charge in [-0.1, -0.05) is 17.3 Å². The maximum Gasteiger partial charge on any atom is 0.226 e. The van der Waals surface area contributed by atoms with Crippen LogP contribution >= 0.6 is 0 Å². The average Bonchev–Trinajstić information content (AvgIpc) is 2.92. The number of halogens is 1. The third kappa shape index (κ3) is 4.66. The van der Waals surface area contributed by atoms with Crippen molar-refractivity contribution in [3.8, 4) is 11.3 Å². The molecule has 0 aliphatic rings. The van der Waals surface area contributed by atoms with Gasteiger partial charge in [-0.15, -0.1) is 0 Å². The van der Waals surface area contributed by atoms with E-state index in [9.17, 15) is 9.18 Å². The number of amides is 1. The molecule has 0 saturated heterocycles. The summed E-state index contributed by atoms with van der Waals surface area (Å²) in [7, 11) is 3.98. The van der Waals surface area contributed by atoms with Gasteiger partial charge in [0.05, 0.1) is 17.7 Å². The van der Waals surface area contributed by atoms with Crippen molar-refractivity contribution >= 4 is 5.91 Å². The van der Waals surface area contributed by atoms with E-state index in [0.717, 1.165) is 13.0 Å². The molecule has 22 heavy (non-hydrogen) atoms. The molecule has 6 heteroatoms. The van der Waals surface area contributed by atoms with Crippen LogP contribution < -0.4 is 5.32 Å². The van der Waals surface area contributed by atoms with Gasteiger partial charge in [0.25, 0.3) is 0 Å². The minimum absolute atomic E-state index is 0.118. The molecule has 2 rings (SSSR count). The minimum atomic E-state index is -0.377. The zero-order chi connectivity index (χ0) is 15.9. The Morgan fingerprint density at radius 1 is 1.36 bits per heavy atom. The van der Waals surface area contributed by atoms with Gasteiger partial charge in [0.15, 0.2) is 5.76 Å². The normalized spacial score (nSPS) is 10.9. The van der Waals surface area contributed by atoms with Gasteiger partial charge in [0.2, 0.25) is 5.91 Å². The van der Waals surface area contributed by atoms with Gasteiger partial charge in [-0.2, -0.15) is 0 Å². The van der Waals surface area contributed by atoms with E-state index in [1.807, 2.05) is 14.1 Å². The molecule has 0 atom stereocenters. The molecule has 1 amide bonds. The molecular formula is C16H20FN3O2. The Bertz CT molecular complexity index is 625. The number of nitrogens with zero attached hydrogens (tertiary/aromatic N) is 2. The summed E-state index contributed by atoms with van der Waals surface area (Å²) < 4.78 is 18.8. The van der Waals surface area contributed by atoms with E-state index in [1.165, 1.54) is 6.07 Å². The van der Waals surface area contributed by atoms with Crippen LogP contribution in [0.25, 0.3) is 11.3 Å². The van der Waals surface area contributed by atoms with Crippen LogP contribution in [0.4, 0.5) is 4.39 Å². The Kier molecular flexibility index (Phi) is 5.66. The first-order chi connectivity index (χ1) is 10.6. The van der Waals surface area contributed by atoms with Crippen LogP contribution in [-0.4, -0.2) is 43.1 Å². The van der Waals surface area contributed by atoms with E-state index in [4.69, 9.17) is 4.52 Å². The smallest absolute Gasteiger partial charge is 0.226 e. The van der Waals surface area contributed by atoms with E-state index in [1.54, 1.807) is 24.3 Å². The van der Waals surface area contributed by atoms with E-state index < -0.39 is 0 Å². The van der Waals surface area contributed by atoms with Crippen molar-refractivity contribution in [2.45, 2.75) is 12.8 Å². The molecule has 1 heterocycles. The molecule has 0 aliphatic heterocycles. The molecule has 0 saturated carbocycles. The molecule has 1 aromatic carbocycles. The highest BCUT2D eigenvalue weighted by Crippen LogP contribution is 2.23. The summed E-state index contributed by atoms with van der Waals surface area (Å²) in [5.74, 6) is -0.168. The number of carbonyl (C=O) groups is 1. The first-order valence-corrected chi connectivity index (χ1v) is 7.18. The maximum atomic E-state index is 13.6. The van der Waals surface area contributed by atoms with Crippen LogP contribution in [0.15, 0.2) is 34.9 Å². The molecule has 1 N–H and O–H groups in total. The number of hydrogen-bond donors (Lipinski definition) is 1. The molecule has 5 nitrogen and oxygen atoms in total. The number of benzene rings is 1. The molecule has 0 aliphatic carbocycles. The van der Waals surface area contributed by atoms with Crippen molar-refractivity contribution in [3.05, 3.63) is 41.8 Å². The first kappa shape index (κ1) is 16.2. The summed E-state index contributed by atoms with van der Waals surface area (Å²) in [5.41, 5.74) is 0.830. The topological polar surface area (TPSA) is 58.4 Å². The zero-order valence-electron chi connectivity index (χ0n) is 12.8. The Labute approximate surface area is 129 Å². The number of hydrogen-bond acceptors (Lipinski definition) is 4. The number of rotatable bonds is 7. The second kappa shape index (κ2) is 7.70. The van der Waals surface area contributed by atoms with E-state index >= 15 is 0 Å². The van der Waals surface area contributed by atoms with Crippen LogP contribution in [0.5, 0.6) is 0 Å². The zero-order valence-corrected chi connectivity index (χ0v) is 12.8. The summed E-state index contributed by atoms with van der Waals surface area (Å²) >= 11 is 0. The van der Waals surface area contributed by atoms with Gasteiger partial charge >= 0.3 is 0 Å². The SMILES string of the molecule is CN(C)CCCNC(=O)Cc1cc(-c2ccccc2F)on1. The van der Waals surface area contributed by atoms with Crippen LogP contribution in [0.1, 0.15) is 12.1 Å². The lowest BCUT2D eigenvalue weighted by molar-refractivity contribution is -0.120. The van der Waals surface area contributed by atoms with E-state index in [-0.39, 0.29) is 18.1 Å². The highest BCUT2D eigenvalue weighted by molar-refractivity contribution is 5.78. The molecule has 0 unspecified atom stereocenters. The molecule has 118 valence electrons. The third-order valence-electron chi connectivity index (χ3n) is 3.14. The Morgan fingerprint density at radius 3 is 2.86 bits per heavy atom. The van der Waals surface area contributed by atoms with Gasteiger partial charge in [-0.05, 0) is 39.2 Å². The number of aromatic nitrogens is 1. The summed E-state index contributed by atoms with van der Waals surface area (Å²) in [6.45, 7) is 1.54. The van der Waals surface area contributed by atoms with Gasteiger partial charge < -0.3 is 14.7 Å². The summed E-state index contributed by atoms with van der Waals surface area (Å²) in [5, 5.41) is 6.64. The predicted molar refractivity (Wildman–Crippen MR) is 81.8 cm³/mol. The molecule has 0 fully saturated rings. The number of nitrogens with one attached hydrogen (secondary N) is 1. The van der Waals surface area contributed by atoms with E-state index in [0.29, 0.717) is 23.6 Å². The van der Waals surface area contributed by atoms with Gasteiger partial charge in [0.1, 0.15) is 5.82 Å². The van der Waals surface area contributed by atoms with Crippen molar-refractivity contribution in [1.29, 1.82) is 0 Å². The van der Waals surface area contributed by atoms with Crippen molar-refractivity contribution in [1.82, 2.24) is 15.4 Å². The molecule has 0 spiro atoms. The molecule has 0 radical (unpaired) electrons. The second-order valence-corrected chi connectivity index (χ2v) is 5.35. The fraction of sp³-hybridized carbons (Fsp3) is 0.375. The molecule has 1 aromatic heterocycles. The second-order valence-electron chi connectivity index (χ2n) is 5.35.